The molecule has 7 heteroatoms. The number of benzene rings is 1. The van der Waals surface area contributed by atoms with Crippen LogP contribution in [0.5, 0.6) is 0 Å². The molecule has 6 nitrogen and oxygen atoms in total. The van der Waals surface area contributed by atoms with E-state index in [1.165, 1.54) is 12.1 Å². The van der Waals surface area contributed by atoms with Crippen LogP contribution in [0.3, 0.4) is 0 Å². The molecule has 2 atom stereocenters. The fraction of sp³-hybridized carbons (Fsp3) is 0.400. The van der Waals surface area contributed by atoms with Crippen molar-refractivity contribution in [2.45, 2.75) is 64.2 Å². The van der Waals surface area contributed by atoms with Crippen molar-refractivity contribution in [3.63, 3.8) is 0 Å². The number of carbonyl (C=O) groups is 1. The predicted molar refractivity (Wildman–Crippen MR) is 119 cm³/mol. The van der Waals surface area contributed by atoms with Crippen molar-refractivity contribution in [3.8, 4) is 22.5 Å². The van der Waals surface area contributed by atoms with Crippen LogP contribution < -0.4 is 0 Å². The molecule has 3 aromatic rings. The molecular weight excluding hydrogens is 409 g/mol. The maximum Gasteiger partial charge on any atom is 0.308 e. The lowest BCUT2D eigenvalue weighted by molar-refractivity contribution is -0.160. The van der Waals surface area contributed by atoms with E-state index < -0.39 is 6.10 Å². The second-order valence-electron chi connectivity index (χ2n) is 9.27. The van der Waals surface area contributed by atoms with Crippen LogP contribution in [0, 0.1) is 5.82 Å². The summed E-state index contributed by atoms with van der Waals surface area (Å²) in [6, 6.07) is 10.2. The summed E-state index contributed by atoms with van der Waals surface area (Å²) in [4.78, 5) is 20.9. The minimum absolute atomic E-state index is 0.0435. The van der Waals surface area contributed by atoms with Gasteiger partial charge in [0.2, 0.25) is 0 Å². The molecule has 1 aliphatic rings. The first-order valence-electron chi connectivity index (χ1n) is 10.9. The highest BCUT2D eigenvalue weighted by atomic mass is 19.1. The van der Waals surface area contributed by atoms with Gasteiger partial charge < -0.3 is 14.4 Å². The largest absolute Gasteiger partial charge is 0.462 e. The minimum Gasteiger partial charge on any atom is -0.462 e. The highest BCUT2D eigenvalue weighted by Gasteiger charge is 2.30. The summed E-state index contributed by atoms with van der Waals surface area (Å²) in [5, 5.41) is 9.98. The lowest BCUT2D eigenvalue weighted by atomic mass is 9.95. The number of imidazole rings is 1. The number of rotatable bonds is 5. The van der Waals surface area contributed by atoms with Gasteiger partial charge in [0.15, 0.2) is 0 Å². The van der Waals surface area contributed by atoms with Crippen LogP contribution in [0.1, 0.15) is 45.9 Å². The Balaban J connectivity index is 1.81. The number of cyclic esters (lactones) is 1. The van der Waals surface area contributed by atoms with Gasteiger partial charge in [-0.1, -0.05) is 20.8 Å². The molecule has 0 unspecified atom stereocenters. The Bertz CT molecular complexity index is 1090. The summed E-state index contributed by atoms with van der Waals surface area (Å²) >= 11 is 0. The maximum absolute atomic E-state index is 13.7. The van der Waals surface area contributed by atoms with Crippen LogP contribution in [-0.2, 0) is 21.5 Å². The number of aliphatic hydroxyl groups is 1. The van der Waals surface area contributed by atoms with Crippen LogP contribution in [0.25, 0.3) is 22.5 Å². The Morgan fingerprint density at radius 2 is 1.81 bits per heavy atom. The van der Waals surface area contributed by atoms with E-state index in [0.717, 1.165) is 28.3 Å². The van der Waals surface area contributed by atoms with E-state index in [2.05, 4.69) is 30.3 Å². The van der Waals surface area contributed by atoms with Crippen molar-refractivity contribution in [2.75, 3.05) is 0 Å². The van der Waals surface area contributed by atoms with E-state index in [1.54, 1.807) is 24.5 Å². The van der Waals surface area contributed by atoms with E-state index >= 15 is 0 Å². The van der Waals surface area contributed by atoms with Crippen molar-refractivity contribution in [1.29, 1.82) is 0 Å². The fourth-order valence-electron chi connectivity index (χ4n) is 4.17. The molecule has 1 N–H and O–H groups in total. The van der Waals surface area contributed by atoms with Gasteiger partial charge in [-0.05, 0) is 36.4 Å². The Labute approximate surface area is 187 Å². The molecule has 168 valence electrons. The molecule has 4 rings (SSSR count). The van der Waals surface area contributed by atoms with Crippen molar-refractivity contribution in [3.05, 3.63) is 60.4 Å². The van der Waals surface area contributed by atoms with Crippen LogP contribution >= 0.6 is 0 Å². The number of ether oxygens (including phenoxy) is 1. The number of aliphatic hydroxyl groups excluding tert-OH is 1. The number of esters is 1. The van der Waals surface area contributed by atoms with Gasteiger partial charge in [0, 0.05) is 48.3 Å². The van der Waals surface area contributed by atoms with Crippen molar-refractivity contribution >= 4 is 5.97 Å². The molecule has 1 saturated heterocycles. The molecule has 0 amide bonds. The number of nitrogens with zero attached hydrogens (tertiary/aromatic N) is 3. The summed E-state index contributed by atoms with van der Waals surface area (Å²) in [7, 11) is 0. The van der Waals surface area contributed by atoms with Gasteiger partial charge in [-0.2, -0.15) is 0 Å². The molecular formula is C25H28FN3O3. The minimum atomic E-state index is -0.671. The Morgan fingerprint density at radius 1 is 1.12 bits per heavy atom. The molecule has 0 aliphatic carbocycles. The number of pyridine rings is 1. The molecule has 2 aromatic heterocycles. The van der Waals surface area contributed by atoms with E-state index in [4.69, 9.17) is 9.72 Å². The zero-order valence-corrected chi connectivity index (χ0v) is 18.6. The number of hydrogen-bond acceptors (Lipinski definition) is 5. The second-order valence-corrected chi connectivity index (χ2v) is 9.27. The first-order valence-corrected chi connectivity index (χ1v) is 10.9. The van der Waals surface area contributed by atoms with Crippen LogP contribution in [0.4, 0.5) is 4.39 Å². The zero-order valence-electron chi connectivity index (χ0n) is 18.6. The Kier molecular flexibility index (Phi) is 6.11. The third kappa shape index (κ3) is 4.72. The first-order chi connectivity index (χ1) is 15.2. The van der Waals surface area contributed by atoms with E-state index in [9.17, 15) is 14.3 Å². The Hall–Kier alpha value is -3.06. The fourth-order valence-corrected chi connectivity index (χ4v) is 4.17. The summed E-state index contributed by atoms with van der Waals surface area (Å²) in [6.07, 6.45) is 3.44. The molecule has 0 radical (unpaired) electrons. The molecule has 0 saturated carbocycles. The van der Waals surface area contributed by atoms with Gasteiger partial charge >= 0.3 is 5.97 Å². The average molecular weight is 438 g/mol. The van der Waals surface area contributed by atoms with Gasteiger partial charge in [0.05, 0.1) is 23.9 Å². The number of aromatic nitrogens is 3. The molecule has 3 heterocycles. The molecule has 32 heavy (non-hydrogen) atoms. The normalized spacial score (nSPS) is 19.1. The van der Waals surface area contributed by atoms with E-state index in [1.807, 2.05) is 12.1 Å². The molecule has 0 spiro atoms. The topological polar surface area (TPSA) is 77.2 Å². The number of carbonyl (C=O) groups excluding carboxylic acids is 1. The van der Waals surface area contributed by atoms with E-state index in [-0.39, 0.29) is 29.7 Å². The molecule has 1 fully saturated rings. The van der Waals surface area contributed by atoms with Gasteiger partial charge in [-0.25, -0.2) is 9.37 Å². The Morgan fingerprint density at radius 3 is 2.44 bits per heavy atom. The predicted octanol–water partition coefficient (Wildman–Crippen LogP) is 4.51. The highest BCUT2D eigenvalue weighted by Crippen LogP contribution is 2.37. The van der Waals surface area contributed by atoms with Gasteiger partial charge in [0.25, 0.3) is 0 Å². The van der Waals surface area contributed by atoms with Crippen molar-refractivity contribution < 1.29 is 19.0 Å². The summed E-state index contributed by atoms with van der Waals surface area (Å²) in [6.45, 7) is 6.84. The van der Waals surface area contributed by atoms with Crippen molar-refractivity contribution in [2.24, 2.45) is 0 Å². The number of halogens is 1. The maximum atomic E-state index is 13.7. The lowest BCUT2D eigenvalue weighted by Gasteiger charge is -2.27. The second kappa shape index (κ2) is 8.82. The third-order valence-electron chi connectivity index (χ3n) is 5.62. The number of hydrogen-bond donors (Lipinski definition) is 1. The first kappa shape index (κ1) is 22.1. The van der Waals surface area contributed by atoms with Crippen LogP contribution in [-0.4, -0.2) is 37.8 Å². The van der Waals surface area contributed by atoms with Gasteiger partial charge in [-0.3, -0.25) is 9.78 Å². The standard InChI is InChI=1S/C25H28FN3O3/c1-25(2,3)24-28-22(16-8-11-27-12-9-16)23(17-4-6-18(26)7-5-17)29(24)13-10-20-14-19(30)15-21(31)32-20/h4-9,11-12,19-20,30H,10,13-15H2,1-3H3/t19-,20-/m1/s1. The lowest BCUT2D eigenvalue weighted by Crippen LogP contribution is -2.33. The average Bonchev–Trinajstić information content (AvgIpc) is 3.13. The summed E-state index contributed by atoms with van der Waals surface area (Å²) in [5.41, 5.74) is 3.18. The smallest absolute Gasteiger partial charge is 0.308 e. The molecule has 1 aliphatic heterocycles. The molecule has 0 bridgehead atoms. The summed E-state index contributed by atoms with van der Waals surface area (Å²) < 4.78 is 21.3. The van der Waals surface area contributed by atoms with Gasteiger partial charge in [-0.15, -0.1) is 0 Å². The molecule has 1 aromatic carbocycles. The highest BCUT2D eigenvalue weighted by molar-refractivity contribution is 5.79. The van der Waals surface area contributed by atoms with Crippen molar-refractivity contribution in [1.82, 2.24) is 14.5 Å². The van der Waals surface area contributed by atoms with Crippen LogP contribution in [0.15, 0.2) is 48.8 Å². The van der Waals surface area contributed by atoms with Crippen LogP contribution in [0.2, 0.25) is 0 Å². The summed E-state index contributed by atoms with van der Waals surface area (Å²) in [5.74, 6) is 0.211. The SMILES string of the molecule is CC(C)(C)c1nc(-c2ccncc2)c(-c2ccc(F)cc2)n1CC[C@@H]1C[C@@H](O)CC(=O)O1. The monoisotopic (exact) mass is 437 g/mol. The van der Waals surface area contributed by atoms with E-state index in [0.29, 0.717) is 19.4 Å². The quantitative estimate of drug-likeness (QED) is 0.595. The van der Waals surface area contributed by atoms with Gasteiger partial charge in [0.1, 0.15) is 17.7 Å². The third-order valence-corrected chi connectivity index (χ3v) is 5.62. The zero-order chi connectivity index (χ0) is 22.9.